The summed E-state index contributed by atoms with van der Waals surface area (Å²) >= 11 is 0. The fourth-order valence-corrected chi connectivity index (χ4v) is 2.59. The Labute approximate surface area is 150 Å². The predicted molar refractivity (Wildman–Crippen MR) is 95.0 cm³/mol. The van der Waals surface area contributed by atoms with Crippen molar-refractivity contribution in [1.29, 1.82) is 0 Å². The summed E-state index contributed by atoms with van der Waals surface area (Å²) in [4.78, 5) is 13.0. The Hall–Kier alpha value is -3.55. The van der Waals surface area contributed by atoms with Crippen LogP contribution in [0.15, 0.2) is 55.2 Å². The van der Waals surface area contributed by atoms with Crippen molar-refractivity contribution in [3.05, 3.63) is 66.6 Å². The highest BCUT2D eigenvalue weighted by atomic mass is 16.5. The van der Waals surface area contributed by atoms with E-state index in [0.29, 0.717) is 12.2 Å². The van der Waals surface area contributed by atoms with E-state index in [1.54, 1.807) is 30.4 Å². The molecule has 0 radical (unpaired) electrons. The van der Waals surface area contributed by atoms with E-state index in [1.807, 2.05) is 48.1 Å². The minimum atomic E-state index is 0.503. The summed E-state index contributed by atoms with van der Waals surface area (Å²) < 4.78 is 8.89. The van der Waals surface area contributed by atoms with E-state index < -0.39 is 0 Å². The first-order valence-corrected chi connectivity index (χ1v) is 8.09. The van der Waals surface area contributed by atoms with Gasteiger partial charge in [-0.15, -0.1) is 5.10 Å². The molecule has 0 spiro atoms. The lowest BCUT2D eigenvalue weighted by molar-refractivity contribution is 0.415. The molecule has 8 heteroatoms. The summed E-state index contributed by atoms with van der Waals surface area (Å²) in [5.74, 6) is 1.52. The molecule has 0 N–H and O–H groups in total. The van der Waals surface area contributed by atoms with Gasteiger partial charge in [0.25, 0.3) is 0 Å². The van der Waals surface area contributed by atoms with Crippen molar-refractivity contribution in [3.63, 3.8) is 0 Å². The Kier molecular flexibility index (Phi) is 4.14. The topological polar surface area (TPSA) is 83.5 Å². The molecular weight excluding hydrogens is 330 g/mol. The van der Waals surface area contributed by atoms with Crippen LogP contribution in [-0.2, 0) is 6.54 Å². The number of aryl methyl sites for hydroxylation is 1. The fourth-order valence-electron chi connectivity index (χ4n) is 2.59. The molecule has 8 nitrogen and oxygen atoms in total. The van der Waals surface area contributed by atoms with Gasteiger partial charge < -0.3 is 4.74 Å². The van der Waals surface area contributed by atoms with E-state index >= 15 is 0 Å². The molecule has 0 aliphatic carbocycles. The first-order valence-electron chi connectivity index (χ1n) is 8.09. The third-order valence-electron chi connectivity index (χ3n) is 3.92. The molecule has 4 rings (SSSR count). The van der Waals surface area contributed by atoms with Crippen LogP contribution in [0.2, 0.25) is 0 Å². The Morgan fingerprint density at radius 3 is 2.62 bits per heavy atom. The molecular formula is C18H17N7O. The van der Waals surface area contributed by atoms with E-state index in [9.17, 15) is 0 Å². The van der Waals surface area contributed by atoms with Gasteiger partial charge in [0.2, 0.25) is 0 Å². The van der Waals surface area contributed by atoms with Crippen LogP contribution in [0, 0.1) is 6.92 Å². The predicted octanol–water partition coefficient (Wildman–Crippen LogP) is 2.29. The number of imidazole rings is 1. The number of hydrogen-bond acceptors (Lipinski definition) is 6. The minimum absolute atomic E-state index is 0.503. The summed E-state index contributed by atoms with van der Waals surface area (Å²) in [6, 6.07) is 7.75. The maximum absolute atomic E-state index is 5.21. The van der Waals surface area contributed by atoms with Crippen molar-refractivity contribution in [2.24, 2.45) is 0 Å². The molecule has 0 unspecified atom stereocenters. The molecule has 0 amide bonds. The van der Waals surface area contributed by atoms with E-state index in [-0.39, 0.29) is 0 Å². The van der Waals surface area contributed by atoms with Crippen LogP contribution in [0.1, 0.15) is 11.4 Å². The second kappa shape index (κ2) is 6.75. The Morgan fingerprint density at radius 1 is 1.04 bits per heavy atom. The Morgan fingerprint density at radius 2 is 1.88 bits per heavy atom. The first kappa shape index (κ1) is 15.9. The minimum Gasteiger partial charge on any atom is -0.497 e. The largest absolute Gasteiger partial charge is 0.497 e. The summed E-state index contributed by atoms with van der Waals surface area (Å²) in [5.41, 5.74) is 3.36. The zero-order chi connectivity index (χ0) is 17.9. The second-order valence-corrected chi connectivity index (χ2v) is 5.77. The SMILES string of the molecule is COc1ccc(-n2ccnc2-c2cn(Cc3cnc(C)cn3)nn2)cc1. The van der Waals surface area contributed by atoms with Crippen LogP contribution in [0.4, 0.5) is 0 Å². The van der Waals surface area contributed by atoms with Crippen molar-refractivity contribution in [1.82, 2.24) is 34.5 Å². The van der Waals surface area contributed by atoms with Gasteiger partial charge in [-0.3, -0.25) is 14.5 Å². The summed E-state index contributed by atoms with van der Waals surface area (Å²) in [7, 11) is 1.65. The van der Waals surface area contributed by atoms with Gasteiger partial charge in [0, 0.05) is 24.3 Å². The number of methoxy groups -OCH3 is 1. The Bertz CT molecular complexity index is 1000. The molecule has 0 bridgehead atoms. The lowest BCUT2D eigenvalue weighted by Gasteiger charge is -2.07. The first-order chi connectivity index (χ1) is 12.7. The second-order valence-electron chi connectivity index (χ2n) is 5.77. The average Bonchev–Trinajstić information content (AvgIpc) is 3.33. The smallest absolute Gasteiger partial charge is 0.166 e. The van der Waals surface area contributed by atoms with Crippen molar-refractivity contribution in [2.45, 2.75) is 13.5 Å². The third kappa shape index (κ3) is 3.16. The molecule has 0 aliphatic heterocycles. The van der Waals surface area contributed by atoms with Crippen LogP contribution in [0.25, 0.3) is 17.2 Å². The number of hydrogen-bond donors (Lipinski definition) is 0. The van der Waals surface area contributed by atoms with Crippen LogP contribution in [-0.4, -0.2) is 41.6 Å². The lowest BCUT2D eigenvalue weighted by Crippen LogP contribution is -2.03. The van der Waals surface area contributed by atoms with Gasteiger partial charge in [0.15, 0.2) is 5.82 Å². The molecule has 3 heterocycles. The van der Waals surface area contributed by atoms with E-state index in [0.717, 1.165) is 28.6 Å². The molecule has 0 atom stereocenters. The van der Waals surface area contributed by atoms with Gasteiger partial charge in [-0.05, 0) is 31.2 Å². The van der Waals surface area contributed by atoms with Gasteiger partial charge in [-0.1, -0.05) is 5.21 Å². The molecule has 0 fully saturated rings. The van der Waals surface area contributed by atoms with Crippen molar-refractivity contribution in [2.75, 3.05) is 7.11 Å². The standard InChI is InChI=1S/C18H17N7O/c1-13-9-21-14(10-20-13)11-24-12-17(22-23-24)18-19-7-8-25(18)15-3-5-16(26-2)6-4-15/h3-10,12H,11H2,1-2H3. The molecule has 3 aromatic heterocycles. The normalized spacial score (nSPS) is 10.8. The zero-order valence-corrected chi connectivity index (χ0v) is 14.4. The summed E-state index contributed by atoms with van der Waals surface area (Å²) in [5, 5.41) is 8.43. The van der Waals surface area contributed by atoms with Crippen LogP contribution >= 0.6 is 0 Å². The van der Waals surface area contributed by atoms with Crippen molar-refractivity contribution >= 4 is 0 Å². The summed E-state index contributed by atoms with van der Waals surface area (Å²) in [6.45, 7) is 2.41. The maximum Gasteiger partial charge on any atom is 0.166 e. The fraction of sp³-hybridized carbons (Fsp3) is 0.167. The van der Waals surface area contributed by atoms with Crippen molar-refractivity contribution < 1.29 is 4.74 Å². The molecule has 0 saturated carbocycles. The molecule has 0 saturated heterocycles. The van der Waals surface area contributed by atoms with Gasteiger partial charge in [-0.25, -0.2) is 9.67 Å². The van der Waals surface area contributed by atoms with E-state index in [2.05, 4.69) is 25.3 Å². The highest BCUT2D eigenvalue weighted by molar-refractivity contribution is 5.53. The average molecular weight is 347 g/mol. The van der Waals surface area contributed by atoms with Gasteiger partial charge in [0.1, 0.15) is 11.4 Å². The van der Waals surface area contributed by atoms with Gasteiger partial charge >= 0.3 is 0 Å². The molecule has 1 aromatic carbocycles. The highest BCUT2D eigenvalue weighted by Gasteiger charge is 2.12. The van der Waals surface area contributed by atoms with Crippen LogP contribution < -0.4 is 4.74 Å². The molecule has 0 aliphatic rings. The number of nitrogens with zero attached hydrogens (tertiary/aromatic N) is 7. The number of aromatic nitrogens is 7. The van der Waals surface area contributed by atoms with Crippen molar-refractivity contribution in [3.8, 4) is 23.0 Å². The van der Waals surface area contributed by atoms with Gasteiger partial charge in [-0.2, -0.15) is 0 Å². The molecule has 130 valence electrons. The monoisotopic (exact) mass is 347 g/mol. The highest BCUT2D eigenvalue weighted by Crippen LogP contribution is 2.21. The number of rotatable bonds is 5. The number of benzene rings is 1. The Balaban J connectivity index is 1.60. The van der Waals surface area contributed by atoms with Gasteiger partial charge in [0.05, 0.1) is 37.4 Å². The molecule has 4 aromatic rings. The zero-order valence-electron chi connectivity index (χ0n) is 14.4. The van der Waals surface area contributed by atoms with E-state index in [1.165, 1.54) is 0 Å². The number of ether oxygens (including phenoxy) is 1. The quantitative estimate of drug-likeness (QED) is 0.551. The van der Waals surface area contributed by atoms with E-state index in [4.69, 9.17) is 4.74 Å². The maximum atomic E-state index is 5.21. The van der Waals surface area contributed by atoms with Crippen LogP contribution in [0.5, 0.6) is 5.75 Å². The third-order valence-corrected chi connectivity index (χ3v) is 3.92. The lowest BCUT2D eigenvalue weighted by atomic mass is 10.3. The van der Waals surface area contributed by atoms with Crippen LogP contribution in [0.3, 0.4) is 0 Å². The summed E-state index contributed by atoms with van der Waals surface area (Å²) in [6.07, 6.45) is 8.97. The molecule has 26 heavy (non-hydrogen) atoms.